The molecular weight excluding hydrogens is 275 g/mol. The van der Waals surface area contributed by atoms with Gasteiger partial charge < -0.3 is 0 Å². The van der Waals surface area contributed by atoms with Crippen LogP contribution in [0.5, 0.6) is 0 Å². The molecule has 0 saturated carbocycles. The molecular formula is H7AlFeO8S2. The number of hydrogen-bond acceptors (Lipinski definition) is 4. The first-order chi connectivity index (χ1) is 4.00. The van der Waals surface area contributed by atoms with E-state index in [-0.39, 0.29) is 34.4 Å². The molecule has 0 aliphatic rings. The molecule has 4 N–H and O–H groups in total. The van der Waals surface area contributed by atoms with Crippen molar-refractivity contribution in [1.29, 1.82) is 0 Å². The summed E-state index contributed by atoms with van der Waals surface area (Å²) in [5.41, 5.74) is 0. The van der Waals surface area contributed by atoms with Crippen LogP contribution in [-0.2, 0) is 37.9 Å². The van der Waals surface area contributed by atoms with E-state index in [1.807, 2.05) is 0 Å². The molecule has 12 heavy (non-hydrogen) atoms. The maximum absolute atomic E-state index is 8.74. The minimum atomic E-state index is -4.67. The fourth-order valence-corrected chi connectivity index (χ4v) is 0. The molecule has 0 rings (SSSR count). The van der Waals surface area contributed by atoms with Gasteiger partial charge in [-0.1, -0.05) is 0 Å². The zero-order chi connectivity index (χ0) is 9.00. The van der Waals surface area contributed by atoms with Crippen LogP contribution in [0.2, 0.25) is 0 Å². The van der Waals surface area contributed by atoms with Crippen molar-refractivity contribution in [1.82, 2.24) is 0 Å². The number of hydrogen-bond donors (Lipinski definition) is 4. The molecule has 0 aliphatic heterocycles. The van der Waals surface area contributed by atoms with E-state index in [2.05, 4.69) is 0 Å². The first kappa shape index (κ1) is 23.0. The molecule has 0 aromatic heterocycles. The molecule has 12 heteroatoms. The van der Waals surface area contributed by atoms with Crippen molar-refractivity contribution < 1.29 is 52.1 Å². The molecule has 0 heterocycles. The molecule has 0 atom stereocenters. The molecule has 0 spiro atoms. The third-order valence-electron chi connectivity index (χ3n) is 0. The Morgan fingerprint density at radius 1 is 0.667 bits per heavy atom. The van der Waals surface area contributed by atoms with Gasteiger partial charge in [-0.25, -0.2) is 0 Å². The van der Waals surface area contributed by atoms with Crippen molar-refractivity contribution >= 4 is 38.2 Å². The van der Waals surface area contributed by atoms with Crippen LogP contribution in [0.15, 0.2) is 0 Å². The monoisotopic (exact) mass is 282 g/mol. The van der Waals surface area contributed by atoms with Gasteiger partial charge in [-0.15, -0.1) is 0 Å². The van der Waals surface area contributed by atoms with Gasteiger partial charge in [0, 0.05) is 17.1 Å². The van der Waals surface area contributed by atoms with Gasteiger partial charge in [0.1, 0.15) is 0 Å². The van der Waals surface area contributed by atoms with Crippen LogP contribution in [-0.4, -0.2) is 52.4 Å². The summed E-state index contributed by atoms with van der Waals surface area (Å²) in [5, 5.41) is 0. The van der Waals surface area contributed by atoms with Crippen LogP contribution in [0.4, 0.5) is 0 Å². The second-order valence-corrected chi connectivity index (χ2v) is 2.69. The van der Waals surface area contributed by atoms with Gasteiger partial charge in [-0.2, -0.15) is 16.8 Å². The predicted molar refractivity (Wildman–Crippen MR) is 38.3 cm³/mol. The maximum atomic E-state index is 8.74. The second kappa shape index (κ2) is 8.39. The van der Waals surface area contributed by atoms with Crippen molar-refractivity contribution in [2.24, 2.45) is 0 Å². The van der Waals surface area contributed by atoms with E-state index in [0.29, 0.717) is 0 Å². The molecule has 0 aliphatic carbocycles. The Morgan fingerprint density at radius 2 is 0.667 bits per heavy atom. The van der Waals surface area contributed by atoms with E-state index in [0.717, 1.165) is 0 Å². The largest absolute Gasteiger partial charge is 0.394 e. The SMILES string of the molecule is O=S(=O)(O)O.O=S(=O)(O)O.[AlH3].[Fe]. The summed E-state index contributed by atoms with van der Waals surface area (Å²) in [6.07, 6.45) is 0. The normalized spacial score (nSPS) is 9.67. The first-order valence-corrected chi connectivity index (χ1v) is 4.19. The van der Waals surface area contributed by atoms with E-state index in [1.54, 1.807) is 0 Å². The third-order valence-corrected chi connectivity index (χ3v) is 0. The van der Waals surface area contributed by atoms with Crippen molar-refractivity contribution in [3.05, 3.63) is 0 Å². The van der Waals surface area contributed by atoms with E-state index in [1.165, 1.54) is 0 Å². The van der Waals surface area contributed by atoms with E-state index >= 15 is 0 Å². The number of rotatable bonds is 0. The summed E-state index contributed by atoms with van der Waals surface area (Å²) in [6, 6.07) is 0. The standard InChI is InChI=1S/Al.Fe.2H2O4S.3H/c;;2*1-5(2,3)4;;;/h;;2*(H2,1,2,3,4);;;. The Balaban J connectivity index is -0.0000000457. The average Bonchev–Trinajstić information content (AvgIpc) is 1.12. The summed E-state index contributed by atoms with van der Waals surface area (Å²) >= 11 is 0. The summed E-state index contributed by atoms with van der Waals surface area (Å²) < 4.78 is 63.2. The molecule has 0 saturated heterocycles. The van der Waals surface area contributed by atoms with Gasteiger partial charge in [-0.3, -0.25) is 18.2 Å². The zero-order valence-corrected chi connectivity index (χ0v) is 7.33. The third kappa shape index (κ3) is 1650. The molecule has 0 radical (unpaired) electrons. The minimum absolute atomic E-state index is 0. The molecule has 0 bridgehead atoms. The smallest absolute Gasteiger partial charge is 0.264 e. The van der Waals surface area contributed by atoms with E-state index in [4.69, 9.17) is 35.0 Å². The van der Waals surface area contributed by atoms with Crippen LogP contribution in [0.3, 0.4) is 0 Å². The molecule has 0 amide bonds. The van der Waals surface area contributed by atoms with Crippen LogP contribution in [0.1, 0.15) is 0 Å². The average molecular weight is 282 g/mol. The van der Waals surface area contributed by atoms with Gasteiger partial charge in [0.2, 0.25) is 0 Å². The van der Waals surface area contributed by atoms with Crippen LogP contribution in [0, 0.1) is 0 Å². The van der Waals surface area contributed by atoms with Gasteiger partial charge in [0.25, 0.3) is 0 Å². The quantitative estimate of drug-likeness (QED) is 0.281. The Morgan fingerprint density at radius 3 is 0.667 bits per heavy atom. The summed E-state index contributed by atoms with van der Waals surface area (Å²) in [5.74, 6) is 0. The van der Waals surface area contributed by atoms with Gasteiger partial charge in [0.15, 0.2) is 17.4 Å². The Hall–Kier alpha value is 0.792. The van der Waals surface area contributed by atoms with Crippen LogP contribution >= 0.6 is 0 Å². The zero-order valence-electron chi connectivity index (χ0n) is 4.59. The molecule has 8 nitrogen and oxygen atoms in total. The second-order valence-electron chi connectivity index (χ2n) is 0.896. The van der Waals surface area contributed by atoms with Gasteiger partial charge in [-0.05, 0) is 0 Å². The molecule has 0 aromatic carbocycles. The molecule has 0 aromatic rings. The molecule has 78 valence electrons. The van der Waals surface area contributed by atoms with Crippen molar-refractivity contribution in [2.75, 3.05) is 0 Å². The fraction of sp³-hybridized carbons (Fsp3) is 0. The summed E-state index contributed by atoms with van der Waals surface area (Å²) in [6.45, 7) is 0. The summed E-state index contributed by atoms with van der Waals surface area (Å²) in [4.78, 5) is 0. The summed E-state index contributed by atoms with van der Waals surface area (Å²) in [7, 11) is -9.33. The Kier molecular flexibility index (Phi) is 16.1. The topological polar surface area (TPSA) is 149 Å². The molecule has 0 fully saturated rings. The van der Waals surface area contributed by atoms with Crippen molar-refractivity contribution in [3.63, 3.8) is 0 Å². The van der Waals surface area contributed by atoms with Crippen LogP contribution < -0.4 is 0 Å². The Labute approximate surface area is 90.1 Å². The molecule has 0 unspecified atom stereocenters. The van der Waals surface area contributed by atoms with Crippen LogP contribution in [0.25, 0.3) is 0 Å². The predicted octanol–water partition coefficient (Wildman–Crippen LogP) is -2.49. The van der Waals surface area contributed by atoms with E-state index < -0.39 is 20.8 Å². The van der Waals surface area contributed by atoms with E-state index in [9.17, 15) is 0 Å². The Bertz CT molecular complexity index is 213. The first-order valence-electron chi connectivity index (χ1n) is 1.40. The maximum Gasteiger partial charge on any atom is 0.394 e. The minimum Gasteiger partial charge on any atom is -0.264 e. The van der Waals surface area contributed by atoms with Gasteiger partial charge >= 0.3 is 20.8 Å². The van der Waals surface area contributed by atoms with Crippen molar-refractivity contribution in [2.45, 2.75) is 0 Å². The van der Waals surface area contributed by atoms with Crippen molar-refractivity contribution in [3.8, 4) is 0 Å². The fourth-order valence-electron chi connectivity index (χ4n) is 0. The van der Waals surface area contributed by atoms with Gasteiger partial charge in [0.05, 0.1) is 0 Å².